The van der Waals surface area contributed by atoms with Gasteiger partial charge in [0.1, 0.15) is 0 Å². The van der Waals surface area contributed by atoms with E-state index in [0.29, 0.717) is 0 Å². The second-order valence-electron chi connectivity index (χ2n) is 2.75. The molecule has 0 atom stereocenters. The summed E-state index contributed by atoms with van der Waals surface area (Å²) in [6.07, 6.45) is 4.61. The van der Waals surface area contributed by atoms with Crippen molar-refractivity contribution in [2.75, 3.05) is 0 Å². The molecule has 0 aliphatic heterocycles. The molecule has 0 aliphatic carbocycles. The fourth-order valence-electron chi connectivity index (χ4n) is 1.10. The molecule has 11 heavy (non-hydrogen) atoms. The molecule has 0 unspecified atom stereocenters. The summed E-state index contributed by atoms with van der Waals surface area (Å²) < 4.78 is 0. The van der Waals surface area contributed by atoms with Gasteiger partial charge in [0.2, 0.25) is 0 Å². The van der Waals surface area contributed by atoms with Crippen molar-refractivity contribution >= 4 is 0 Å². The monoisotopic (exact) mass is 152 g/mol. The molecule has 0 spiro atoms. The average molecular weight is 152 g/mol. The molecule has 0 aromatic rings. The lowest BCUT2D eigenvalue weighted by molar-refractivity contribution is 0.945. The van der Waals surface area contributed by atoms with Crippen LogP contribution in [-0.2, 0) is 0 Å². The standard InChI is InChI=1S/C11H20/c1-5-10(6-2)9-11(7-3)8-4/h5-8H2,1-4H3. The zero-order chi connectivity index (χ0) is 8.69. The zero-order valence-electron chi connectivity index (χ0n) is 8.33. The maximum atomic E-state index is 3.49. The third-order valence-corrected chi connectivity index (χ3v) is 2.06. The van der Waals surface area contributed by atoms with Gasteiger partial charge in [0.05, 0.1) is 0 Å². The lowest BCUT2D eigenvalue weighted by Crippen LogP contribution is -1.78. The van der Waals surface area contributed by atoms with E-state index >= 15 is 0 Å². The molecule has 0 radical (unpaired) electrons. The fraction of sp³-hybridized carbons (Fsp3) is 0.727. The Labute approximate surface area is 71.0 Å². The van der Waals surface area contributed by atoms with Crippen LogP contribution in [0, 0.1) is 0 Å². The molecule has 0 bridgehead atoms. The summed E-state index contributed by atoms with van der Waals surface area (Å²) in [6, 6.07) is 0. The largest absolute Gasteiger partial charge is 0.123 e. The number of rotatable bonds is 4. The summed E-state index contributed by atoms with van der Waals surface area (Å²) in [4.78, 5) is 0. The summed E-state index contributed by atoms with van der Waals surface area (Å²) in [5.41, 5.74) is 6.41. The first-order valence-electron chi connectivity index (χ1n) is 4.74. The van der Waals surface area contributed by atoms with E-state index in [0.717, 1.165) is 25.7 Å². The van der Waals surface area contributed by atoms with Crippen molar-refractivity contribution in [3.05, 3.63) is 16.9 Å². The highest BCUT2D eigenvalue weighted by Crippen LogP contribution is 2.09. The molecule has 0 N–H and O–H groups in total. The van der Waals surface area contributed by atoms with Crippen LogP contribution >= 0.6 is 0 Å². The molecule has 0 fully saturated rings. The first-order chi connectivity index (χ1) is 5.28. The van der Waals surface area contributed by atoms with E-state index in [9.17, 15) is 0 Å². The Hall–Kier alpha value is -0.480. The van der Waals surface area contributed by atoms with Crippen molar-refractivity contribution in [3.8, 4) is 0 Å². The highest BCUT2D eigenvalue weighted by molar-refractivity contribution is 5.08. The van der Waals surface area contributed by atoms with Gasteiger partial charge in [-0.25, -0.2) is 0 Å². The summed E-state index contributed by atoms with van der Waals surface area (Å²) in [5.74, 6) is 0. The van der Waals surface area contributed by atoms with Crippen LogP contribution < -0.4 is 0 Å². The second-order valence-corrected chi connectivity index (χ2v) is 2.75. The predicted molar refractivity (Wildman–Crippen MR) is 51.7 cm³/mol. The second kappa shape index (κ2) is 6.24. The third-order valence-electron chi connectivity index (χ3n) is 2.06. The minimum absolute atomic E-state index is 1.15. The number of hydrogen-bond acceptors (Lipinski definition) is 0. The van der Waals surface area contributed by atoms with E-state index in [1.54, 1.807) is 0 Å². The van der Waals surface area contributed by atoms with Gasteiger partial charge in [-0.15, -0.1) is 5.73 Å². The Morgan fingerprint density at radius 3 is 1.18 bits per heavy atom. The van der Waals surface area contributed by atoms with E-state index in [1.165, 1.54) is 11.1 Å². The minimum Gasteiger partial charge on any atom is -0.123 e. The summed E-state index contributed by atoms with van der Waals surface area (Å²) >= 11 is 0. The predicted octanol–water partition coefficient (Wildman–Crippen LogP) is 4.08. The van der Waals surface area contributed by atoms with Crippen LogP contribution in [0.2, 0.25) is 0 Å². The Balaban J connectivity index is 4.49. The Morgan fingerprint density at radius 1 is 0.727 bits per heavy atom. The topological polar surface area (TPSA) is 0 Å². The highest BCUT2D eigenvalue weighted by Gasteiger charge is 1.90. The Kier molecular flexibility index (Phi) is 5.97. The quantitative estimate of drug-likeness (QED) is 0.532. The van der Waals surface area contributed by atoms with Crippen molar-refractivity contribution in [3.63, 3.8) is 0 Å². The van der Waals surface area contributed by atoms with Gasteiger partial charge in [-0.1, -0.05) is 27.7 Å². The van der Waals surface area contributed by atoms with Crippen LogP contribution in [0.3, 0.4) is 0 Å². The van der Waals surface area contributed by atoms with E-state index in [4.69, 9.17) is 0 Å². The van der Waals surface area contributed by atoms with Gasteiger partial charge >= 0.3 is 0 Å². The summed E-state index contributed by atoms with van der Waals surface area (Å²) in [6.45, 7) is 8.81. The number of allylic oxidation sites excluding steroid dienone is 1. The minimum atomic E-state index is 1.15. The third kappa shape index (κ3) is 4.06. The van der Waals surface area contributed by atoms with E-state index < -0.39 is 0 Å². The summed E-state index contributed by atoms with van der Waals surface area (Å²) in [5, 5.41) is 0. The molecule has 0 heteroatoms. The Bertz CT molecular complexity index is 129. The fourth-order valence-corrected chi connectivity index (χ4v) is 1.10. The molecule has 0 aromatic heterocycles. The van der Waals surface area contributed by atoms with E-state index in [1.807, 2.05) is 0 Å². The molecule has 0 aliphatic rings. The molecule has 0 nitrogen and oxygen atoms in total. The summed E-state index contributed by atoms with van der Waals surface area (Å²) in [7, 11) is 0. The maximum absolute atomic E-state index is 3.49. The average Bonchev–Trinajstić information content (AvgIpc) is 2.07. The molecule has 0 amide bonds. The van der Waals surface area contributed by atoms with Crippen LogP contribution in [0.15, 0.2) is 16.9 Å². The lowest BCUT2D eigenvalue weighted by atomic mass is 10.1. The molecule has 0 rings (SSSR count). The Morgan fingerprint density at radius 2 is 1.00 bits per heavy atom. The molecule has 0 heterocycles. The van der Waals surface area contributed by atoms with Crippen molar-refractivity contribution < 1.29 is 0 Å². The smallest absolute Gasteiger partial charge is 0.0273 e. The van der Waals surface area contributed by atoms with E-state index in [-0.39, 0.29) is 0 Å². The van der Waals surface area contributed by atoms with E-state index in [2.05, 4.69) is 33.4 Å². The first-order valence-corrected chi connectivity index (χ1v) is 4.74. The van der Waals surface area contributed by atoms with Crippen LogP contribution in [0.4, 0.5) is 0 Å². The van der Waals surface area contributed by atoms with Crippen molar-refractivity contribution in [1.29, 1.82) is 0 Å². The van der Waals surface area contributed by atoms with Crippen LogP contribution in [0.1, 0.15) is 53.4 Å². The van der Waals surface area contributed by atoms with Crippen LogP contribution in [0.5, 0.6) is 0 Å². The normalized spacial score (nSPS) is 9.09. The van der Waals surface area contributed by atoms with Crippen molar-refractivity contribution in [1.82, 2.24) is 0 Å². The van der Waals surface area contributed by atoms with Gasteiger partial charge in [0.25, 0.3) is 0 Å². The van der Waals surface area contributed by atoms with Gasteiger partial charge in [-0.2, -0.15) is 0 Å². The van der Waals surface area contributed by atoms with Crippen LogP contribution in [-0.4, -0.2) is 0 Å². The lowest BCUT2D eigenvalue weighted by Gasteiger charge is -1.97. The van der Waals surface area contributed by atoms with Crippen molar-refractivity contribution in [2.45, 2.75) is 53.4 Å². The molecular formula is C11H20. The van der Waals surface area contributed by atoms with Gasteiger partial charge in [-0.3, -0.25) is 0 Å². The first kappa shape index (κ1) is 10.5. The molecule has 0 saturated heterocycles. The van der Waals surface area contributed by atoms with Crippen LogP contribution in [0.25, 0.3) is 0 Å². The molecular weight excluding hydrogens is 132 g/mol. The maximum Gasteiger partial charge on any atom is -0.0273 e. The van der Waals surface area contributed by atoms with Gasteiger partial charge in [0.15, 0.2) is 0 Å². The molecule has 0 saturated carbocycles. The zero-order valence-corrected chi connectivity index (χ0v) is 8.33. The van der Waals surface area contributed by atoms with Gasteiger partial charge < -0.3 is 0 Å². The SMILES string of the molecule is CCC(=C=C(CC)CC)CC. The van der Waals surface area contributed by atoms with Gasteiger partial charge in [0, 0.05) is 0 Å². The van der Waals surface area contributed by atoms with Gasteiger partial charge in [-0.05, 0) is 36.8 Å². The highest BCUT2D eigenvalue weighted by atomic mass is 13.9. The molecule has 0 aromatic carbocycles. The molecule has 64 valence electrons. The number of hydrogen-bond donors (Lipinski definition) is 0. The van der Waals surface area contributed by atoms with Crippen molar-refractivity contribution in [2.24, 2.45) is 0 Å².